The Morgan fingerprint density at radius 1 is 1.06 bits per heavy atom. The molecule has 0 radical (unpaired) electrons. The van der Waals surface area contributed by atoms with E-state index in [0.717, 1.165) is 16.9 Å². The number of benzene rings is 2. The topological polar surface area (TPSA) is 35.2 Å². The fourth-order valence-corrected chi connectivity index (χ4v) is 1.84. The van der Waals surface area contributed by atoms with Crippen molar-refractivity contribution in [2.45, 2.75) is 19.9 Å². The summed E-state index contributed by atoms with van der Waals surface area (Å²) in [4.78, 5) is 0. The van der Waals surface area contributed by atoms with E-state index in [0.29, 0.717) is 6.61 Å². The molecule has 18 heavy (non-hydrogen) atoms. The van der Waals surface area contributed by atoms with Crippen molar-refractivity contribution < 1.29 is 4.74 Å². The number of hydrogen-bond acceptors (Lipinski definition) is 2. The van der Waals surface area contributed by atoms with E-state index >= 15 is 0 Å². The van der Waals surface area contributed by atoms with Gasteiger partial charge in [0, 0.05) is 0 Å². The molecule has 0 amide bonds. The number of rotatable bonds is 4. The van der Waals surface area contributed by atoms with Gasteiger partial charge in [-0.05, 0) is 36.6 Å². The molecule has 0 spiro atoms. The fraction of sp³-hybridized carbons (Fsp3) is 0.250. The van der Waals surface area contributed by atoms with Gasteiger partial charge in [0.15, 0.2) is 0 Å². The smallest absolute Gasteiger partial charge is 0.122 e. The van der Waals surface area contributed by atoms with Crippen molar-refractivity contribution in [3.05, 3.63) is 65.2 Å². The highest BCUT2D eigenvalue weighted by Crippen LogP contribution is 2.20. The van der Waals surface area contributed by atoms with Crippen LogP contribution in [0.15, 0.2) is 48.5 Å². The standard InChI is InChI=1S/C16H19NO/c1-12-8-9-13(2)16(10-12)18-11-15(17)14-6-4-3-5-7-14/h3-10,15H,11,17H2,1-2H3. The van der Waals surface area contributed by atoms with Crippen LogP contribution in [0, 0.1) is 13.8 Å². The Balaban J connectivity index is 2.01. The van der Waals surface area contributed by atoms with Crippen LogP contribution in [0.2, 0.25) is 0 Å². The summed E-state index contributed by atoms with van der Waals surface area (Å²) in [5.74, 6) is 0.918. The van der Waals surface area contributed by atoms with E-state index in [1.165, 1.54) is 5.56 Å². The van der Waals surface area contributed by atoms with Crippen LogP contribution >= 0.6 is 0 Å². The molecule has 0 saturated heterocycles. The quantitative estimate of drug-likeness (QED) is 0.890. The Morgan fingerprint density at radius 2 is 1.78 bits per heavy atom. The maximum absolute atomic E-state index is 6.11. The summed E-state index contributed by atoms with van der Waals surface area (Å²) < 4.78 is 5.81. The minimum Gasteiger partial charge on any atom is -0.491 e. The predicted molar refractivity (Wildman–Crippen MR) is 74.8 cm³/mol. The van der Waals surface area contributed by atoms with Crippen LogP contribution in [-0.4, -0.2) is 6.61 Å². The summed E-state index contributed by atoms with van der Waals surface area (Å²) in [6.45, 7) is 4.60. The van der Waals surface area contributed by atoms with Gasteiger partial charge in [-0.2, -0.15) is 0 Å². The van der Waals surface area contributed by atoms with Gasteiger partial charge in [-0.15, -0.1) is 0 Å². The first kappa shape index (κ1) is 12.7. The summed E-state index contributed by atoms with van der Waals surface area (Å²) >= 11 is 0. The van der Waals surface area contributed by atoms with Crippen molar-refractivity contribution in [3.63, 3.8) is 0 Å². The summed E-state index contributed by atoms with van der Waals surface area (Å²) in [6.07, 6.45) is 0. The van der Waals surface area contributed by atoms with Gasteiger partial charge in [-0.1, -0.05) is 42.5 Å². The van der Waals surface area contributed by atoms with Gasteiger partial charge in [0.05, 0.1) is 6.04 Å². The molecule has 0 aliphatic heterocycles. The Hall–Kier alpha value is -1.80. The minimum atomic E-state index is -0.0916. The highest BCUT2D eigenvalue weighted by atomic mass is 16.5. The van der Waals surface area contributed by atoms with Crippen molar-refractivity contribution in [2.75, 3.05) is 6.61 Å². The van der Waals surface area contributed by atoms with Crippen LogP contribution in [-0.2, 0) is 0 Å². The number of hydrogen-bond donors (Lipinski definition) is 1. The van der Waals surface area contributed by atoms with Crippen molar-refractivity contribution in [1.82, 2.24) is 0 Å². The van der Waals surface area contributed by atoms with Gasteiger partial charge < -0.3 is 10.5 Å². The van der Waals surface area contributed by atoms with E-state index < -0.39 is 0 Å². The van der Waals surface area contributed by atoms with Gasteiger partial charge in [-0.3, -0.25) is 0 Å². The molecular formula is C16H19NO. The maximum atomic E-state index is 6.11. The van der Waals surface area contributed by atoms with Crippen LogP contribution in [0.5, 0.6) is 5.75 Å². The molecule has 0 aliphatic rings. The van der Waals surface area contributed by atoms with Gasteiger partial charge in [0.1, 0.15) is 12.4 Å². The average Bonchev–Trinajstić information content (AvgIpc) is 2.40. The first-order chi connectivity index (χ1) is 8.66. The molecule has 2 rings (SSSR count). The molecule has 2 aromatic carbocycles. The van der Waals surface area contributed by atoms with Crippen molar-refractivity contribution in [3.8, 4) is 5.75 Å². The molecule has 2 nitrogen and oxygen atoms in total. The minimum absolute atomic E-state index is 0.0916. The molecule has 2 heteroatoms. The largest absolute Gasteiger partial charge is 0.491 e. The molecule has 0 aliphatic carbocycles. The van der Waals surface area contributed by atoms with Crippen LogP contribution in [0.25, 0.3) is 0 Å². The van der Waals surface area contributed by atoms with E-state index in [1.807, 2.05) is 43.3 Å². The molecule has 0 saturated carbocycles. The fourth-order valence-electron chi connectivity index (χ4n) is 1.84. The van der Waals surface area contributed by atoms with Crippen LogP contribution in [0.1, 0.15) is 22.7 Å². The van der Waals surface area contributed by atoms with Gasteiger partial charge in [0.2, 0.25) is 0 Å². The monoisotopic (exact) mass is 241 g/mol. The van der Waals surface area contributed by atoms with Crippen molar-refractivity contribution in [2.24, 2.45) is 5.73 Å². The zero-order valence-electron chi connectivity index (χ0n) is 10.9. The Morgan fingerprint density at radius 3 is 2.50 bits per heavy atom. The second-order valence-corrected chi connectivity index (χ2v) is 4.60. The normalized spacial score (nSPS) is 12.2. The summed E-state index contributed by atoms with van der Waals surface area (Å²) in [6, 6.07) is 16.1. The molecule has 0 heterocycles. The number of nitrogens with two attached hydrogens (primary N) is 1. The van der Waals surface area contributed by atoms with E-state index in [9.17, 15) is 0 Å². The van der Waals surface area contributed by atoms with Crippen molar-refractivity contribution in [1.29, 1.82) is 0 Å². The lowest BCUT2D eigenvalue weighted by molar-refractivity contribution is 0.288. The predicted octanol–water partition coefficient (Wildman–Crippen LogP) is 3.38. The molecule has 0 bridgehead atoms. The lowest BCUT2D eigenvalue weighted by atomic mass is 10.1. The van der Waals surface area contributed by atoms with E-state index in [2.05, 4.69) is 19.1 Å². The molecule has 2 aromatic rings. The van der Waals surface area contributed by atoms with E-state index in [4.69, 9.17) is 10.5 Å². The highest BCUT2D eigenvalue weighted by Gasteiger charge is 2.07. The van der Waals surface area contributed by atoms with E-state index in [-0.39, 0.29) is 6.04 Å². The maximum Gasteiger partial charge on any atom is 0.122 e. The summed E-state index contributed by atoms with van der Waals surface area (Å²) in [5, 5.41) is 0. The van der Waals surface area contributed by atoms with Crippen LogP contribution in [0.3, 0.4) is 0 Å². The Labute approximate surface area is 108 Å². The summed E-state index contributed by atoms with van der Waals surface area (Å²) in [5.41, 5.74) is 9.54. The SMILES string of the molecule is Cc1ccc(C)c(OCC(N)c2ccccc2)c1. The highest BCUT2D eigenvalue weighted by molar-refractivity contribution is 5.36. The lowest BCUT2D eigenvalue weighted by Crippen LogP contribution is -2.19. The molecule has 1 unspecified atom stereocenters. The first-order valence-corrected chi connectivity index (χ1v) is 6.17. The molecular weight excluding hydrogens is 222 g/mol. The third-order valence-electron chi connectivity index (χ3n) is 2.99. The van der Waals surface area contributed by atoms with Crippen molar-refractivity contribution >= 4 is 0 Å². The van der Waals surface area contributed by atoms with E-state index in [1.54, 1.807) is 0 Å². The second-order valence-electron chi connectivity index (χ2n) is 4.60. The van der Waals surface area contributed by atoms with Gasteiger partial charge >= 0.3 is 0 Å². The second kappa shape index (κ2) is 5.69. The average molecular weight is 241 g/mol. The van der Waals surface area contributed by atoms with Gasteiger partial charge in [0.25, 0.3) is 0 Å². The zero-order valence-corrected chi connectivity index (χ0v) is 10.9. The van der Waals surface area contributed by atoms with Crippen LogP contribution in [0.4, 0.5) is 0 Å². The zero-order chi connectivity index (χ0) is 13.0. The number of aryl methyl sites for hydroxylation is 2. The molecule has 2 N–H and O–H groups in total. The molecule has 0 fully saturated rings. The third-order valence-corrected chi connectivity index (χ3v) is 2.99. The molecule has 94 valence electrons. The first-order valence-electron chi connectivity index (χ1n) is 6.17. The Bertz CT molecular complexity index is 508. The van der Waals surface area contributed by atoms with Gasteiger partial charge in [-0.25, -0.2) is 0 Å². The summed E-state index contributed by atoms with van der Waals surface area (Å²) in [7, 11) is 0. The lowest BCUT2D eigenvalue weighted by Gasteiger charge is -2.15. The third kappa shape index (κ3) is 3.11. The molecule has 1 atom stereocenters. The Kier molecular flexibility index (Phi) is 4.00. The van der Waals surface area contributed by atoms with Crippen LogP contribution < -0.4 is 10.5 Å². The number of ether oxygens (including phenoxy) is 1. The molecule has 0 aromatic heterocycles.